The summed E-state index contributed by atoms with van der Waals surface area (Å²) >= 11 is 1.72. The van der Waals surface area contributed by atoms with E-state index in [2.05, 4.69) is 55.7 Å². The van der Waals surface area contributed by atoms with Gasteiger partial charge in [-0.15, -0.1) is 11.3 Å². The maximum Gasteiger partial charge on any atom is 0.112 e. The molecule has 1 N–H and O–H groups in total. The highest BCUT2D eigenvalue weighted by atomic mass is 32.1. The Balaban J connectivity index is 2.01. The average molecular weight is 304 g/mol. The van der Waals surface area contributed by atoms with Gasteiger partial charge in [0, 0.05) is 23.6 Å². The molecule has 1 aromatic heterocycles. The van der Waals surface area contributed by atoms with Gasteiger partial charge in [-0.25, -0.2) is 4.98 Å². The third-order valence-corrected chi connectivity index (χ3v) is 4.19. The van der Waals surface area contributed by atoms with Crippen LogP contribution in [0.15, 0.2) is 29.6 Å². The molecule has 4 heteroatoms. The molecule has 0 aliphatic heterocycles. The summed E-state index contributed by atoms with van der Waals surface area (Å²) in [6.07, 6.45) is 0.921. The second-order valence-electron chi connectivity index (χ2n) is 6.13. The first kappa shape index (κ1) is 16.0. The number of rotatable bonds is 6. The number of nitrogens with zero attached hydrogens (tertiary/aromatic N) is 1. The zero-order valence-corrected chi connectivity index (χ0v) is 14.1. The number of anilines is 1. The monoisotopic (exact) mass is 304 g/mol. The maximum absolute atomic E-state index is 5.17. The average Bonchev–Trinajstić information content (AvgIpc) is 2.92. The molecule has 2 rings (SSSR count). The van der Waals surface area contributed by atoms with E-state index in [1.807, 2.05) is 0 Å². The molecule has 2 aromatic rings. The number of benzene rings is 1. The lowest BCUT2D eigenvalue weighted by Crippen LogP contribution is -2.12. The first-order valence-electron chi connectivity index (χ1n) is 7.26. The number of methoxy groups -OCH3 is 1. The summed E-state index contributed by atoms with van der Waals surface area (Å²) in [5, 5.41) is 6.78. The standard InChI is InChI=1S/C17H24N2OS/c1-17(2,3)15-12-21-16(19-15)11-18-14-8-6-5-7-13(14)9-10-20-4/h5-8,12,18H,9-11H2,1-4H3. The first-order valence-corrected chi connectivity index (χ1v) is 8.14. The SMILES string of the molecule is COCCc1ccccc1NCc1nc(C(C)(C)C)cs1. The largest absolute Gasteiger partial charge is 0.384 e. The topological polar surface area (TPSA) is 34.1 Å². The number of para-hydroxylation sites is 1. The molecule has 1 heterocycles. The minimum Gasteiger partial charge on any atom is -0.384 e. The van der Waals surface area contributed by atoms with Gasteiger partial charge in [0.15, 0.2) is 0 Å². The summed E-state index contributed by atoms with van der Waals surface area (Å²) in [6.45, 7) is 8.09. The molecule has 0 aliphatic carbocycles. The van der Waals surface area contributed by atoms with Crippen molar-refractivity contribution in [2.75, 3.05) is 19.0 Å². The van der Waals surface area contributed by atoms with Gasteiger partial charge in [0.25, 0.3) is 0 Å². The van der Waals surface area contributed by atoms with Gasteiger partial charge in [-0.3, -0.25) is 0 Å². The van der Waals surface area contributed by atoms with Crippen molar-refractivity contribution in [3.8, 4) is 0 Å². The van der Waals surface area contributed by atoms with Crippen molar-refractivity contribution in [1.82, 2.24) is 4.98 Å². The molecule has 0 unspecified atom stereocenters. The van der Waals surface area contributed by atoms with E-state index in [1.54, 1.807) is 18.4 Å². The third-order valence-electron chi connectivity index (χ3n) is 3.34. The molecule has 0 radical (unpaired) electrons. The Hall–Kier alpha value is -1.39. The molecule has 114 valence electrons. The quantitative estimate of drug-likeness (QED) is 0.866. The molecule has 0 spiro atoms. The van der Waals surface area contributed by atoms with Crippen molar-refractivity contribution in [2.45, 2.75) is 39.2 Å². The van der Waals surface area contributed by atoms with Crippen molar-refractivity contribution in [2.24, 2.45) is 0 Å². The molecule has 0 fully saturated rings. The second-order valence-corrected chi connectivity index (χ2v) is 7.07. The fourth-order valence-corrected chi connectivity index (χ4v) is 2.99. The maximum atomic E-state index is 5.17. The summed E-state index contributed by atoms with van der Waals surface area (Å²) in [5.41, 5.74) is 3.73. The van der Waals surface area contributed by atoms with Crippen LogP contribution in [-0.4, -0.2) is 18.7 Å². The lowest BCUT2D eigenvalue weighted by Gasteiger charge is -2.14. The van der Waals surface area contributed by atoms with E-state index in [0.717, 1.165) is 30.3 Å². The minimum atomic E-state index is 0.116. The Bertz CT molecular complexity index is 572. The van der Waals surface area contributed by atoms with Gasteiger partial charge in [0.05, 0.1) is 18.8 Å². The first-order chi connectivity index (χ1) is 10.0. The summed E-state index contributed by atoms with van der Waals surface area (Å²) < 4.78 is 5.17. The predicted molar refractivity (Wildman–Crippen MR) is 90.2 cm³/mol. The van der Waals surface area contributed by atoms with E-state index < -0.39 is 0 Å². The lowest BCUT2D eigenvalue weighted by molar-refractivity contribution is 0.202. The molecular formula is C17H24N2OS. The van der Waals surface area contributed by atoms with Crippen molar-refractivity contribution in [1.29, 1.82) is 0 Å². The van der Waals surface area contributed by atoms with Crippen LogP contribution in [0.2, 0.25) is 0 Å². The Kier molecular flexibility index (Phi) is 5.37. The van der Waals surface area contributed by atoms with Gasteiger partial charge in [0.2, 0.25) is 0 Å². The van der Waals surface area contributed by atoms with Crippen LogP contribution in [0.5, 0.6) is 0 Å². The van der Waals surface area contributed by atoms with Crippen LogP contribution < -0.4 is 5.32 Å². The van der Waals surface area contributed by atoms with Crippen LogP contribution in [0.25, 0.3) is 0 Å². The van der Waals surface area contributed by atoms with Gasteiger partial charge in [-0.05, 0) is 18.1 Å². The summed E-state index contributed by atoms with van der Waals surface area (Å²) in [5.74, 6) is 0. The number of hydrogen-bond acceptors (Lipinski definition) is 4. The number of nitrogens with one attached hydrogen (secondary N) is 1. The minimum absolute atomic E-state index is 0.116. The molecule has 0 saturated carbocycles. The number of thiazole rings is 1. The summed E-state index contributed by atoms with van der Waals surface area (Å²) in [6, 6.07) is 8.38. The van der Waals surface area contributed by atoms with Crippen LogP contribution in [0.3, 0.4) is 0 Å². The van der Waals surface area contributed by atoms with Crippen LogP contribution in [0, 0.1) is 0 Å². The van der Waals surface area contributed by atoms with Gasteiger partial charge < -0.3 is 10.1 Å². The number of aromatic nitrogens is 1. The fraction of sp³-hybridized carbons (Fsp3) is 0.471. The smallest absolute Gasteiger partial charge is 0.112 e. The van der Waals surface area contributed by atoms with Gasteiger partial charge in [0.1, 0.15) is 5.01 Å². The van der Waals surface area contributed by atoms with Crippen LogP contribution >= 0.6 is 11.3 Å². The Morgan fingerprint density at radius 2 is 2.00 bits per heavy atom. The van der Waals surface area contributed by atoms with Crippen molar-refractivity contribution < 1.29 is 4.74 Å². The van der Waals surface area contributed by atoms with Gasteiger partial charge in [-0.2, -0.15) is 0 Å². The highest BCUT2D eigenvalue weighted by Crippen LogP contribution is 2.24. The second kappa shape index (κ2) is 7.05. The molecule has 0 amide bonds. The zero-order chi connectivity index (χ0) is 15.3. The number of ether oxygens (including phenoxy) is 1. The molecule has 21 heavy (non-hydrogen) atoms. The molecule has 0 atom stereocenters. The molecule has 1 aromatic carbocycles. The molecule has 0 saturated heterocycles. The predicted octanol–water partition coefficient (Wildman–Crippen LogP) is 4.24. The molecule has 0 aliphatic rings. The summed E-state index contributed by atoms with van der Waals surface area (Å²) in [7, 11) is 1.74. The Morgan fingerprint density at radius 1 is 1.24 bits per heavy atom. The van der Waals surface area contributed by atoms with Gasteiger partial charge >= 0.3 is 0 Å². The van der Waals surface area contributed by atoms with E-state index in [0.29, 0.717) is 0 Å². The Morgan fingerprint density at radius 3 is 2.67 bits per heavy atom. The van der Waals surface area contributed by atoms with E-state index in [9.17, 15) is 0 Å². The molecule has 0 bridgehead atoms. The zero-order valence-electron chi connectivity index (χ0n) is 13.3. The van der Waals surface area contributed by atoms with E-state index in [4.69, 9.17) is 9.72 Å². The van der Waals surface area contributed by atoms with E-state index >= 15 is 0 Å². The summed E-state index contributed by atoms with van der Waals surface area (Å²) in [4.78, 5) is 4.72. The highest BCUT2D eigenvalue weighted by molar-refractivity contribution is 7.09. The van der Waals surface area contributed by atoms with E-state index in [1.165, 1.54) is 11.3 Å². The Labute approximate surface area is 131 Å². The normalized spacial score (nSPS) is 11.6. The third kappa shape index (κ3) is 4.55. The van der Waals surface area contributed by atoms with Crippen molar-refractivity contribution in [3.63, 3.8) is 0 Å². The van der Waals surface area contributed by atoms with Crippen LogP contribution in [0.4, 0.5) is 5.69 Å². The van der Waals surface area contributed by atoms with Gasteiger partial charge in [-0.1, -0.05) is 39.0 Å². The van der Waals surface area contributed by atoms with Crippen molar-refractivity contribution in [3.05, 3.63) is 45.9 Å². The molecular weight excluding hydrogens is 280 g/mol. The number of hydrogen-bond donors (Lipinski definition) is 1. The fourth-order valence-electron chi connectivity index (χ4n) is 2.03. The lowest BCUT2D eigenvalue weighted by atomic mass is 9.93. The highest BCUT2D eigenvalue weighted by Gasteiger charge is 2.17. The van der Waals surface area contributed by atoms with Crippen LogP contribution in [-0.2, 0) is 23.1 Å². The van der Waals surface area contributed by atoms with Crippen molar-refractivity contribution >= 4 is 17.0 Å². The molecule has 3 nitrogen and oxygen atoms in total. The van der Waals surface area contributed by atoms with Crippen LogP contribution in [0.1, 0.15) is 37.0 Å². The van der Waals surface area contributed by atoms with E-state index in [-0.39, 0.29) is 5.41 Å².